The van der Waals surface area contributed by atoms with Gasteiger partial charge in [-0.1, -0.05) is 30.8 Å². The van der Waals surface area contributed by atoms with Gasteiger partial charge in [0.2, 0.25) is 0 Å². The van der Waals surface area contributed by atoms with Gasteiger partial charge in [0.05, 0.1) is 6.04 Å². The van der Waals surface area contributed by atoms with Crippen molar-refractivity contribution in [3.63, 3.8) is 0 Å². The zero-order chi connectivity index (χ0) is 14.3. The molecule has 0 saturated heterocycles. The van der Waals surface area contributed by atoms with Crippen molar-refractivity contribution in [3.8, 4) is 6.07 Å². The van der Waals surface area contributed by atoms with E-state index < -0.39 is 0 Å². The standard InChI is InChI=1S/C17H16N2O/c1-11-12(2)19(17(20)15(11)10-18)16-9-5-7-13-6-3-4-8-14(13)16/h3-4,6,8,16H,2,5,7,9H2,1H3. The lowest BCUT2D eigenvalue weighted by Crippen LogP contribution is -2.32. The van der Waals surface area contributed by atoms with Gasteiger partial charge in [-0.15, -0.1) is 0 Å². The zero-order valence-corrected chi connectivity index (χ0v) is 11.5. The number of amides is 1. The van der Waals surface area contributed by atoms with Crippen molar-refractivity contribution in [3.05, 3.63) is 58.8 Å². The summed E-state index contributed by atoms with van der Waals surface area (Å²) in [4.78, 5) is 14.2. The lowest BCUT2D eigenvalue weighted by molar-refractivity contribution is -0.126. The molecule has 1 heterocycles. The smallest absolute Gasteiger partial charge is 0.269 e. The summed E-state index contributed by atoms with van der Waals surface area (Å²) in [5.41, 5.74) is 4.11. The third kappa shape index (κ3) is 1.69. The van der Waals surface area contributed by atoms with Crippen molar-refractivity contribution in [2.45, 2.75) is 32.2 Å². The van der Waals surface area contributed by atoms with Gasteiger partial charge >= 0.3 is 0 Å². The number of hydrogen-bond donors (Lipinski definition) is 0. The number of rotatable bonds is 1. The molecule has 0 fully saturated rings. The van der Waals surface area contributed by atoms with E-state index in [1.165, 1.54) is 11.1 Å². The SMILES string of the molecule is C=C1C(C)=C(C#N)C(=O)N1C1CCCc2ccccc21. The third-order valence-electron chi connectivity index (χ3n) is 4.29. The van der Waals surface area contributed by atoms with Gasteiger partial charge in [0.15, 0.2) is 0 Å². The number of aryl methyl sites for hydroxylation is 1. The lowest BCUT2D eigenvalue weighted by atomic mass is 9.86. The maximum atomic E-state index is 12.5. The van der Waals surface area contributed by atoms with Gasteiger partial charge in [0, 0.05) is 5.70 Å². The molecule has 0 radical (unpaired) electrons. The second-order valence-electron chi connectivity index (χ2n) is 5.34. The number of benzene rings is 1. The van der Waals surface area contributed by atoms with E-state index in [-0.39, 0.29) is 17.5 Å². The topological polar surface area (TPSA) is 44.1 Å². The van der Waals surface area contributed by atoms with Crippen LogP contribution < -0.4 is 0 Å². The second-order valence-corrected chi connectivity index (χ2v) is 5.34. The van der Waals surface area contributed by atoms with Gasteiger partial charge in [-0.3, -0.25) is 4.79 Å². The number of hydrogen-bond acceptors (Lipinski definition) is 2. The Balaban J connectivity index is 2.03. The van der Waals surface area contributed by atoms with Crippen LogP contribution in [0.25, 0.3) is 0 Å². The number of carbonyl (C=O) groups excluding carboxylic acids is 1. The number of allylic oxidation sites excluding steroid dienone is 1. The number of carbonyl (C=O) groups is 1. The number of nitrogens with zero attached hydrogens (tertiary/aromatic N) is 2. The molecule has 1 aromatic rings. The fourth-order valence-electron chi connectivity index (χ4n) is 3.19. The third-order valence-corrected chi connectivity index (χ3v) is 4.29. The quantitative estimate of drug-likeness (QED) is 0.781. The van der Waals surface area contributed by atoms with Gasteiger partial charge in [0.25, 0.3) is 5.91 Å². The van der Waals surface area contributed by atoms with Gasteiger partial charge in [-0.25, -0.2) is 0 Å². The van der Waals surface area contributed by atoms with Crippen LogP contribution in [0, 0.1) is 11.3 Å². The summed E-state index contributed by atoms with van der Waals surface area (Å²) in [6, 6.07) is 10.3. The molecule has 3 heteroatoms. The molecule has 1 aliphatic carbocycles. The van der Waals surface area contributed by atoms with Gasteiger partial charge in [-0.05, 0) is 42.9 Å². The highest BCUT2D eigenvalue weighted by atomic mass is 16.2. The van der Waals surface area contributed by atoms with Crippen LogP contribution in [0.1, 0.15) is 36.9 Å². The predicted octanol–water partition coefficient (Wildman–Crippen LogP) is 3.26. The zero-order valence-electron chi connectivity index (χ0n) is 11.5. The van der Waals surface area contributed by atoms with Crippen LogP contribution in [-0.2, 0) is 11.2 Å². The summed E-state index contributed by atoms with van der Waals surface area (Å²) in [6.45, 7) is 5.81. The van der Waals surface area contributed by atoms with Crippen molar-refractivity contribution < 1.29 is 4.79 Å². The molecule has 20 heavy (non-hydrogen) atoms. The molecule has 3 rings (SSSR count). The Morgan fingerprint density at radius 2 is 2.15 bits per heavy atom. The van der Waals surface area contributed by atoms with E-state index in [4.69, 9.17) is 5.26 Å². The highest BCUT2D eigenvalue weighted by molar-refractivity contribution is 6.03. The van der Waals surface area contributed by atoms with E-state index in [2.05, 4.69) is 18.7 Å². The highest BCUT2D eigenvalue weighted by Gasteiger charge is 2.38. The summed E-state index contributed by atoms with van der Waals surface area (Å²) >= 11 is 0. The molecule has 0 bridgehead atoms. The minimum atomic E-state index is -0.197. The Hall–Kier alpha value is -2.34. The van der Waals surface area contributed by atoms with E-state index in [1.54, 1.807) is 11.8 Å². The highest BCUT2D eigenvalue weighted by Crippen LogP contribution is 2.41. The maximum absolute atomic E-state index is 12.5. The first-order valence-electron chi connectivity index (χ1n) is 6.86. The van der Waals surface area contributed by atoms with Crippen LogP contribution in [0.3, 0.4) is 0 Å². The Kier molecular flexibility index (Phi) is 2.94. The maximum Gasteiger partial charge on any atom is 0.269 e. The summed E-state index contributed by atoms with van der Waals surface area (Å²) in [7, 11) is 0. The Morgan fingerprint density at radius 1 is 1.40 bits per heavy atom. The van der Waals surface area contributed by atoms with Crippen molar-refractivity contribution in [1.29, 1.82) is 5.26 Å². The molecule has 1 unspecified atom stereocenters. The Morgan fingerprint density at radius 3 is 2.85 bits per heavy atom. The summed E-state index contributed by atoms with van der Waals surface area (Å²) in [5.74, 6) is -0.197. The molecule has 1 atom stereocenters. The van der Waals surface area contributed by atoms with E-state index in [0.717, 1.165) is 19.3 Å². The molecule has 1 aliphatic heterocycles. The molecule has 3 nitrogen and oxygen atoms in total. The molecule has 100 valence electrons. The molecule has 0 saturated carbocycles. The van der Waals surface area contributed by atoms with Crippen LogP contribution in [0.15, 0.2) is 47.7 Å². The van der Waals surface area contributed by atoms with Crippen molar-refractivity contribution in [1.82, 2.24) is 4.90 Å². The lowest BCUT2D eigenvalue weighted by Gasteiger charge is -2.34. The van der Waals surface area contributed by atoms with Gasteiger partial charge in [-0.2, -0.15) is 5.26 Å². The van der Waals surface area contributed by atoms with Crippen LogP contribution in [0.2, 0.25) is 0 Å². The van der Waals surface area contributed by atoms with Crippen molar-refractivity contribution >= 4 is 5.91 Å². The predicted molar refractivity (Wildman–Crippen MR) is 76.4 cm³/mol. The first-order valence-corrected chi connectivity index (χ1v) is 6.86. The van der Waals surface area contributed by atoms with E-state index in [9.17, 15) is 4.79 Å². The summed E-state index contributed by atoms with van der Waals surface area (Å²) in [6.07, 6.45) is 3.03. The molecule has 1 amide bonds. The number of nitriles is 1. The van der Waals surface area contributed by atoms with E-state index >= 15 is 0 Å². The van der Waals surface area contributed by atoms with Crippen LogP contribution >= 0.6 is 0 Å². The molecular formula is C17H16N2O. The molecule has 1 aromatic carbocycles. The first-order chi connectivity index (χ1) is 9.65. The van der Waals surface area contributed by atoms with Crippen LogP contribution in [0.4, 0.5) is 0 Å². The number of fused-ring (bicyclic) bond motifs is 1. The fraction of sp³-hybridized carbons (Fsp3) is 0.294. The average Bonchev–Trinajstić information content (AvgIpc) is 2.68. The molecule has 0 spiro atoms. The Labute approximate surface area is 118 Å². The average molecular weight is 264 g/mol. The molecule has 2 aliphatic rings. The summed E-state index contributed by atoms with van der Waals surface area (Å²) < 4.78 is 0. The normalized spacial score (nSPS) is 22.0. The Bertz CT molecular complexity index is 678. The van der Waals surface area contributed by atoms with Crippen molar-refractivity contribution in [2.75, 3.05) is 0 Å². The molecule has 0 N–H and O–H groups in total. The summed E-state index contributed by atoms with van der Waals surface area (Å²) in [5, 5.41) is 9.14. The first kappa shape index (κ1) is 12.7. The van der Waals surface area contributed by atoms with Crippen LogP contribution in [-0.4, -0.2) is 10.8 Å². The fourth-order valence-corrected chi connectivity index (χ4v) is 3.19. The minimum absolute atomic E-state index is 0.0146. The second kappa shape index (κ2) is 4.64. The largest absolute Gasteiger partial charge is 0.301 e. The van der Waals surface area contributed by atoms with E-state index in [1.807, 2.05) is 18.2 Å². The van der Waals surface area contributed by atoms with Gasteiger partial charge in [0.1, 0.15) is 11.6 Å². The monoisotopic (exact) mass is 264 g/mol. The van der Waals surface area contributed by atoms with Crippen molar-refractivity contribution in [2.24, 2.45) is 0 Å². The molecular weight excluding hydrogens is 248 g/mol. The van der Waals surface area contributed by atoms with Crippen LogP contribution in [0.5, 0.6) is 0 Å². The van der Waals surface area contributed by atoms with E-state index in [0.29, 0.717) is 11.3 Å². The van der Waals surface area contributed by atoms with Gasteiger partial charge < -0.3 is 4.90 Å². The minimum Gasteiger partial charge on any atom is -0.301 e. The molecule has 0 aromatic heterocycles.